The molecule has 4 rings (SSSR count). The summed E-state index contributed by atoms with van der Waals surface area (Å²) in [5, 5.41) is 8.22. The maximum absolute atomic E-state index is 12.7. The second-order valence-electron chi connectivity index (χ2n) is 6.47. The first-order chi connectivity index (χ1) is 13.6. The third-order valence-corrected chi connectivity index (χ3v) is 5.54. The van der Waals surface area contributed by atoms with Crippen LogP contribution in [0.2, 0.25) is 5.02 Å². The van der Waals surface area contributed by atoms with Crippen molar-refractivity contribution < 1.29 is 14.3 Å². The number of hydrogen-bond acceptors (Lipinski definition) is 4. The first-order valence-electron chi connectivity index (χ1n) is 8.75. The quantitative estimate of drug-likeness (QED) is 0.644. The Morgan fingerprint density at radius 3 is 2.64 bits per heavy atom. The molecule has 2 heterocycles. The van der Waals surface area contributed by atoms with E-state index < -0.39 is 0 Å². The van der Waals surface area contributed by atoms with Gasteiger partial charge in [0.2, 0.25) is 5.91 Å². The van der Waals surface area contributed by atoms with Gasteiger partial charge < -0.3 is 15.4 Å². The maximum Gasteiger partial charge on any atom is 0.265 e. The molecule has 7 heteroatoms. The number of thiophene rings is 1. The monoisotopic (exact) mass is 412 g/mol. The predicted octanol–water partition coefficient (Wildman–Crippen LogP) is 4.84. The van der Waals surface area contributed by atoms with E-state index in [1.54, 1.807) is 36.4 Å². The molecule has 1 aliphatic heterocycles. The van der Waals surface area contributed by atoms with E-state index >= 15 is 0 Å². The lowest BCUT2D eigenvalue weighted by molar-refractivity contribution is -0.121. The zero-order valence-electron chi connectivity index (χ0n) is 14.8. The number of anilines is 2. The number of carbonyl (C=O) groups is 2. The molecule has 2 amide bonds. The Morgan fingerprint density at radius 2 is 1.86 bits per heavy atom. The van der Waals surface area contributed by atoms with Crippen molar-refractivity contribution in [2.75, 3.05) is 17.2 Å². The Kier molecular flexibility index (Phi) is 5.32. The zero-order valence-corrected chi connectivity index (χ0v) is 16.3. The Bertz CT molecular complexity index is 1020. The van der Waals surface area contributed by atoms with Gasteiger partial charge in [0.15, 0.2) is 0 Å². The zero-order chi connectivity index (χ0) is 19.5. The van der Waals surface area contributed by atoms with Crippen molar-refractivity contribution in [2.45, 2.75) is 6.42 Å². The molecule has 0 aliphatic carbocycles. The fourth-order valence-corrected chi connectivity index (χ4v) is 3.86. The van der Waals surface area contributed by atoms with Gasteiger partial charge in [-0.05, 0) is 59.8 Å². The Labute approximate surface area is 171 Å². The summed E-state index contributed by atoms with van der Waals surface area (Å²) in [4.78, 5) is 25.5. The molecule has 1 atom stereocenters. The number of rotatable bonds is 4. The van der Waals surface area contributed by atoms with E-state index in [4.69, 9.17) is 16.3 Å². The van der Waals surface area contributed by atoms with Gasteiger partial charge in [-0.15, -0.1) is 11.3 Å². The van der Waals surface area contributed by atoms with Gasteiger partial charge in [-0.3, -0.25) is 9.59 Å². The van der Waals surface area contributed by atoms with Crippen molar-refractivity contribution in [3.05, 3.63) is 75.4 Å². The van der Waals surface area contributed by atoms with E-state index in [2.05, 4.69) is 10.6 Å². The molecule has 0 spiro atoms. The molecular formula is C21H17ClN2O3S. The summed E-state index contributed by atoms with van der Waals surface area (Å²) in [7, 11) is 0. The van der Waals surface area contributed by atoms with Crippen LogP contribution in [0.25, 0.3) is 0 Å². The van der Waals surface area contributed by atoms with Gasteiger partial charge in [-0.25, -0.2) is 0 Å². The second-order valence-corrected chi connectivity index (χ2v) is 7.85. The summed E-state index contributed by atoms with van der Waals surface area (Å²) in [6, 6.07) is 16.1. The first kappa shape index (κ1) is 18.5. The van der Waals surface area contributed by atoms with Crippen molar-refractivity contribution in [3.63, 3.8) is 0 Å². The average molecular weight is 413 g/mol. The van der Waals surface area contributed by atoms with Gasteiger partial charge in [0, 0.05) is 16.4 Å². The van der Waals surface area contributed by atoms with E-state index in [-0.39, 0.29) is 17.7 Å². The molecule has 28 heavy (non-hydrogen) atoms. The fraction of sp³-hybridized carbons (Fsp3) is 0.143. The molecule has 0 bridgehead atoms. The largest absolute Gasteiger partial charge is 0.492 e. The summed E-state index contributed by atoms with van der Waals surface area (Å²) in [5.41, 5.74) is 2.16. The van der Waals surface area contributed by atoms with Crippen LogP contribution in [0.5, 0.6) is 5.75 Å². The van der Waals surface area contributed by atoms with Crippen LogP contribution in [0.4, 0.5) is 11.4 Å². The third-order valence-electron chi connectivity index (χ3n) is 4.43. The van der Waals surface area contributed by atoms with Gasteiger partial charge in [-0.1, -0.05) is 23.7 Å². The molecule has 0 fully saturated rings. The standard InChI is InChI=1S/C21H17ClN2O3S/c22-15-6-7-18-13(10-15)9-14(12-27-18)20(25)23-16-3-1-4-17(11-16)24-21(26)19-5-2-8-28-19/h1-8,10-11,14H,9,12H2,(H,23,25)(H,24,26). The summed E-state index contributed by atoms with van der Waals surface area (Å²) in [6.07, 6.45) is 0.566. The molecule has 1 aliphatic rings. The van der Waals surface area contributed by atoms with Crippen LogP contribution in [-0.4, -0.2) is 18.4 Å². The first-order valence-corrected chi connectivity index (χ1v) is 10.0. The van der Waals surface area contributed by atoms with E-state index in [9.17, 15) is 9.59 Å². The minimum atomic E-state index is -0.310. The number of fused-ring (bicyclic) bond motifs is 1. The van der Waals surface area contributed by atoms with Crippen LogP contribution in [0.3, 0.4) is 0 Å². The highest BCUT2D eigenvalue weighted by Gasteiger charge is 2.26. The number of ether oxygens (including phenoxy) is 1. The van der Waals surface area contributed by atoms with Crippen LogP contribution in [-0.2, 0) is 11.2 Å². The number of hydrogen-bond donors (Lipinski definition) is 2. The lowest BCUT2D eigenvalue weighted by Gasteiger charge is -2.24. The second kappa shape index (κ2) is 8.04. The molecule has 0 radical (unpaired) electrons. The third kappa shape index (κ3) is 4.18. The summed E-state index contributed by atoms with van der Waals surface area (Å²) < 4.78 is 5.69. The fourth-order valence-electron chi connectivity index (χ4n) is 3.05. The van der Waals surface area contributed by atoms with Gasteiger partial charge in [0.05, 0.1) is 10.8 Å². The molecule has 5 nitrogen and oxygen atoms in total. The number of carbonyl (C=O) groups excluding carboxylic acids is 2. The van der Waals surface area contributed by atoms with Crippen molar-refractivity contribution in [2.24, 2.45) is 5.92 Å². The number of halogens is 1. The van der Waals surface area contributed by atoms with E-state index in [0.29, 0.717) is 34.3 Å². The van der Waals surface area contributed by atoms with Crippen molar-refractivity contribution in [1.29, 1.82) is 0 Å². The summed E-state index contributed by atoms with van der Waals surface area (Å²) in [5.74, 6) is 0.155. The van der Waals surface area contributed by atoms with E-state index in [1.165, 1.54) is 11.3 Å². The summed E-state index contributed by atoms with van der Waals surface area (Å²) >= 11 is 7.41. The highest BCUT2D eigenvalue weighted by molar-refractivity contribution is 7.12. The van der Waals surface area contributed by atoms with E-state index in [0.717, 1.165) is 11.3 Å². The highest BCUT2D eigenvalue weighted by atomic mass is 35.5. The number of nitrogens with one attached hydrogen (secondary N) is 2. The highest BCUT2D eigenvalue weighted by Crippen LogP contribution is 2.30. The molecule has 2 aromatic carbocycles. The lowest BCUT2D eigenvalue weighted by atomic mass is 9.96. The van der Waals surface area contributed by atoms with Gasteiger partial charge >= 0.3 is 0 Å². The van der Waals surface area contributed by atoms with Gasteiger partial charge in [0.1, 0.15) is 12.4 Å². The Hall–Kier alpha value is -2.83. The van der Waals surface area contributed by atoms with Crippen molar-refractivity contribution >= 4 is 46.1 Å². The van der Waals surface area contributed by atoms with Crippen LogP contribution < -0.4 is 15.4 Å². The maximum atomic E-state index is 12.7. The van der Waals surface area contributed by atoms with Gasteiger partial charge in [-0.2, -0.15) is 0 Å². The SMILES string of the molecule is O=C(Nc1cccc(NC(=O)C2COc3ccc(Cl)cc3C2)c1)c1cccs1. The topological polar surface area (TPSA) is 67.4 Å². The molecule has 142 valence electrons. The average Bonchev–Trinajstić information content (AvgIpc) is 3.22. The molecular weight excluding hydrogens is 396 g/mol. The molecule has 3 aromatic rings. The van der Waals surface area contributed by atoms with Gasteiger partial charge in [0.25, 0.3) is 5.91 Å². The van der Waals surface area contributed by atoms with Crippen molar-refractivity contribution in [3.8, 4) is 5.75 Å². The number of benzene rings is 2. The van der Waals surface area contributed by atoms with Crippen LogP contribution >= 0.6 is 22.9 Å². The lowest BCUT2D eigenvalue weighted by Crippen LogP contribution is -2.32. The minimum Gasteiger partial charge on any atom is -0.492 e. The number of amides is 2. The van der Waals surface area contributed by atoms with Crippen LogP contribution in [0, 0.1) is 5.92 Å². The Balaban J connectivity index is 1.41. The summed E-state index contributed by atoms with van der Waals surface area (Å²) in [6.45, 7) is 0.315. The van der Waals surface area contributed by atoms with Crippen LogP contribution in [0.15, 0.2) is 60.0 Å². The Morgan fingerprint density at radius 1 is 1.04 bits per heavy atom. The van der Waals surface area contributed by atoms with Crippen molar-refractivity contribution in [1.82, 2.24) is 0 Å². The molecule has 2 N–H and O–H groups in total. The van der Waals surface area contributed by atoms with E-state index in [1.807, 2.05) is 23.6 Å². The normalized spacial score (nSPS) is 15.2. The smallest absolute Gasteiger partial charge is 0.265 e. The minimum absolute atomic E-state index is 0.132. The molecule has 0 saturated carbocycles. The predicted molar refractivity (Wildman–Crippen MR) is 111 cm³/mol. The molecule has 1 aromatic heterocycles. The van der Waals surface area contributed by atoms with Crippen LogP contribution in [0.1, 0.15) is 15.2 Å². The molecule has 0 saturated heterocycles. The molecule has 1 unspecified atom stereocenters.